The minimum Gasteiger partial charge on any atom is -0.478 e. The van der Waals surface area contributed by atoms with Gasteiger partial charge < -0.3 is 16.2 Å². The van der Waals surface area contributed by atoms with Crippen LogP contribution in [0.2, 0.25) is 10.0 Å². The van der Waals surface area contributed by atoms with Gasteiger partial charge >= 0.3 is 5.97 Å². The number of halogens is 2. The Morgan fingerprint density at radius 2 is 2.00 bits per heavy atom. The molecule has 0 fully saturated rings. The molecule has 2 aromatic rings. The number of anilines is 3. The van der Waals surface area contributed by atoms with Crippen molar-refractivity contribution in [2.75, 3.05) is 11.1 Å². The molecule has 0 spiro atoms. The normalized spacial score (nSPS) is 10.2. The molecule has 0 saturated heterocycles. The maximum atomic E-state index is 11.0. The van der Waals surface area contributed by atoms with Crippen molar-refractivity contribution in [1.82, 2.24) is 4.98 Å². The number of aromatic nitrogens is 1. The SMILES string of the molecule is Nc1cnc(Nc2ccc(Cl)c(Cl)c2)cc1C(=O)O. The number of hydrogen-bond acceptors (Lipinski definition) is 4. The Labute approximate surface area is 119 Å². The summed E-state index contributed by atoms with van der Waals surface area (Å²) in [5.41, 5.74) is 6.25. The maximum Gasteiger partial charge on any atom is 0.337 e. The van der Waals surface area contributed by atoms with Crippen molar-refractivity contribution in [1.29, 1.82) is 0 Å². The summed E-state index contributed by atoms with van der Waals surface area (Å²) in [7, 11) is 0. The van der Waals surface area contributed by atoms with Crippen LogP contribution in [-0.2, 0) is 0 Å². The highest BCUT2D eigenvalue weighted by Gasteiger charge is 2.10. The molecule has 19 heavy (non-hydrogen) atoms. The average molecular weight is 298 g/mol. The van der Waals surface area contributed by atoms with Crippen LogP contribution in [0.1, 0.15) is 10.4 Å². The molecular formula is C12H9Cl2N3O2. The number of pyridine rings is 1. The van der Waals surface area contributed by atoms with Gasteiger partial charge in [0.25, 0.3) is 0 Å². The second-order valence-corrected chi connectivity index (χ2v) is 4.53. The van der Waals surface area contributed by atoms with Gasteiger partial charge in [0.05, 0.1) is 27.5 Å². The minimum atomic E-state index is -1.11. The summed E-state index contributed by atoms with van der Waals surface area (Å²) >= 11 is 11.7. The molecule has 0 saturated carbocycles. The van der Waals surface area contributed by atoms with Gasteiger partial charge in [-0.05, 0) is 24.3 Å². The number of rotatable bonds is 3. The first kappa shape index (κ1) is 13.5. The second-order valence-electron chi connectivity index (χ2n) is 3.72. The summed E-state index contributed by atoms with van der Waals surface area (Å²) in [4.78, 5) is 14.9. The van der Waals surface area contributed by atoms with Crippen LogP contribution in [0.4, 0.5) is 17.2 Å². The highest BCUT2D eigenvalue weighted by molar-refractivity contribution is 6.42. The third-order valence-corrected chi connectivity index (χ3v) is 3.10. The smallest absolute Gasteiger partial charge is 0.337 e. The lowest BCUT2D eigenvalue weighted by molar-refractivity contribution is 0.0698. The van der Waals surface area contributed by atoms with E-state index in [0.29, 0.717) is 21.6 Å². The predicted molar refractivity (Wildman–Crippen MR) is 75.4 cm³/mol. The number of aromatic carboxylic acids is 1. The van der Waals surface area contributed by atoms with Crippen LogP contribution in [0, 0.1) is 0 Å². The highest BCUT2D eigenvalue weighted by Crippen LogP contribution is 2.27. The van der Waals surface area contributed by atoms with E-state index < -0.39 is 5.97 Å². The number of carboxylic acids is 1. The first-order chi connectivity index (χ1) is 8.97. The van der Waals surface area contributed by atoms with Gasteiger partial charge in [-0.15, -0.1) is 0 Å². The van der Waals surface area contributed by atoms with Gasteiger partial charge in [-0.25, -0.2) is 9.78 Å². The zero-order valence-electron chi connectivity index (χ0n) is 9.52. The molecule has 0 unspecified atom stereocenters. The van der Waals surface area contributed by atoms with E-state index in [0.717, 1.165) is 0 Å². The molecule has 1 aromatic carbocycles. The van der Waals surface area contributed by atoms with Crippen molar-refractivity contribution in [3.63, 3.8) is 0 Å². The summed E-state index contributed by atoms with van der Waals surface area (Å²) in [6, 6.07) is 6.29. The van der Waals surface area contributed by atoms with Crippen LogP contribution >= 0.6 is 23.2 Å². The van der Waals surface area contributed by atoms with E-state index in [1.807, 2.05) is 0 Å². The Morgan fingerprint density at radius 3 is 2.63 bits per heavy atom. The molecule has 98 valence electrons. The van der Waals surface area contributed by atoms with Gasteiger partial charge in [-0.2, -0.15) is 0 Å². The average Bonchev–Trinajstić information content (AvgIpc) is 2.36. The van der Waals surface area contributed by atoms with Crippen LogP contribution < -0.4 is 11.1 Å². The topological polar surface area (TPSA) is 88.2 Å². The fourth-order valence-corrected chi connectivity index (χ4v) is 1.74. The van der Waals surface area contributed by atoms with E-state index in [-0.39, 0.29) is 11.3 Å². The number of hydrogen-bond donors (Lipinski definition) is 3. The fourth-order valence-electron chi connectivity index (χ4n) is 1.44. The molecule has 0 amide bonds. The van der Waals surface area contributed by atoms with E-state index >= 15 is 0 Å². The van der Waals surface area contributed by atoms with E-state index in [9.17, 15) is 4.79 Å². The Kier molecular flexibility index (Phi) is 3.78. The van der Waals surface area contributed by atoms with Crippen LogP contribution in [0.5, 0.6) is 0 Å². The Bertz CT molecular complexity index is 647. The van der Waals surface area contributed by atoms with Crippen LogP contribution in [-0.4, -0.2) is 16.1 Å². The number of nitrogens with one attached hydrogen (secondary N) is 1. The first-order valence-corrected chi connectivity index (χ1v) is 5.94. The lowest BCUT2D eigenvalue weighted by atomic mass is 10.2. The Hall–Kier alpha value is -1.98. The van der Waals surface area contributed by atoms with Crippen molar-refractivity contribution in [3.8, 4) is 0 Å². The summed E-state index contributed by atoms with van der Waals surface area (Å²) < 4.78 is 0. The maximum absolute atomic E-state index is 11.0. The van der Waals surface area contributed by atoms with E-state index in [1.165, 1.54) is 12.3 Å². The number of carboxylic acid groups (broad SMARTS) is 1. The molecule has 0 aliphatic carbocycles. The minimum absolute atomic E-state index is 0.0161. The number of nitrogens with two attached hydrogens (primary N) is 1. The van der Waals surface area contributed by atoms with Crippen molar-refractivity contribution in [2.24, 2.45) is 0 Å². The quantitative estimate of drug-likeness (QED) is 0.808. The third kappa shape index (κ3) is 3.07. The number of carbonyl (C=O) groups is 1. The van der Waals surface area contributed by atoms with Crippen molar-refractivity contribution in [2.45, 2.75) is 0 Å². The zero-order chi connectivity index (χ0) is 14.0. The molecule has 0 radical (unpaired) electrons. The van der Waals surface area contributed by atoms with Gasteiger partial charge in [-0.1, -0.05) is 23.2 Å². The Balaban J connectivity index is 2.30. The molecule has 0 atom stereocenters. The lowest BCUT2D eigenvalue weighted by Crippen LogP contribution is -2.05. The summed E-state index contributed by atoms with van der Waals surface area (Å²) in [5, 5.41) is 12.7. The number of nitrogen functional groups attached to an aromatic ring is 1. The molecule has 0 bridgehead atoms. The molecule has 4 N–H and O–H groups in total. The largest absolute Gasteiger partial charge is 0.478 e. The molecule has 2 rings (SSSR count). The second kappa shape index (κ2) is 5.34. The number of benzene rings is 1. The molecule has 1 heterocycles. The zero-order valence-corrected chi connectivity index (χ0v) is 11.0. The molecule has 0 aliphatic rings. The molecule has 1 aromatic heterocycles. The van der Waals surface area contributed by atoms with Crippen LogP contribution in [0.3, 0.4) is 0 Å². The lowest BCUT2D eigenvalue weighted by Gasteiger charge is -2.08. The van der Waals surface area contributed by atoms with Gasteiger partial charge in [0.2, 0.25) is 0 Å². The van der Waals surface area contributed by atoms with Gasteiger partial charge in [0.15, 0.2) is 0 Å². The van der Waals surface area contributed by atoms with Crippen LogP contribution in [0.15, 0.2) is 30.5 Å². The highest BCUT2D eigenvalue weighted by atomic mass is 35.5. The molecular weight excluding hydrogens is 289 g/mol. The van der Waals surface area contributed by atoms with Crippen molar-refractivity contribution >= 4 is 46.4 Å². The third-order valence-electron chi connectivity index (χ3n) is 2.36. The molecule has 5 nitrogen and oxygen atoms in total. The summed E-state index contributed by atoms with van der Waals surface area (Å²) in [5.74, 6) is -0.762. The predicted octanol–water partition coefficient (Wildman–Crippen LogP) is 3.41. The first-order valence-electron chi connectivity index (χ1n) is 5.18. The Morgan fingerprint density at radius 1 is 1.26 bits per heavy atom. The fraction of sp³-hybridized carbons (Fsp3) is 0. The summed E-state index contributed by atoms with van der Waals surface area (Å²) in [6.07, 6.45) is 1.28. The molecule has 7 heteroatoms. The summed E-state index contributed by atoms with van der Waals surface area (Å²) in [6.45, 7) is 0. The van der Waals surface area contributed by atoms with Gasteiger partial charge in [-0.3, -0.25) is 0 Å². The van der Waals surface area contributed by atoms with Gasteiger partial charge in [0, 0.05) is 5.69 Å². The standard InChI is InChI=1S/C12H9Cl2N3O2/c13-8-2-1-6(3-9(8)14)17-11-4-7(12(18)19)10(15)5-16-11/h1-5H,15H2,(H,16,17)(H,18,19). The molecule has 0 aliphatic heterocycles. The number of nitrogens with zero attached hydrogens (tertiary/aromatic N) is 1. The van der Waals surface area contributed by atoms with Gasteiger partial charge in [0.1, 0.15) is 5.82 Å². The van der Waals surface area contributed by atoms with E-state index in [4.69, 9.17) is 34.0 Å². The van der Waals surface area contributed by atoms with Crippen molar-refractivity contribution < 1.29 is 9.90 Å². The van der Waals surface area contributed by atoms with Crippen LogP contribution in [0.25, 0.3) is 0 Å². The van der Waals surface area contributed by atoms with E-state index in [1.54, 1.807) is 18.2 Å². The monoisotopic (exact) mass is 297 g/mol. The van der Waals surface area contributed by atoms with E-state index in [2.05, 4.69) is 10.3 Å². The van der Waals surface area contributed by atoms with Crippen molar-refractivity contribution in [3.05, 3.63) is 46.1 Å².